The Hall–Kier alpha value is -5.30. The Balaban J connectivity index is 1.20. The number of nitrogen functional groups attached to an aromatic ring is 1. The Morgan fingerprint density at radius 3 is 2.33 bits per heavy atom. The van der Waals surface area contributed by atoms with E-state index in [1.54, 1.807) is 30.3 Å². The van der Waals surface area contributed by atoms with Crippen LogP contribution < -0.4 is 21.7 Å². The van der Waals surface area contributed by atoms with Crippen molar-refractivity contribution >= 4 is 46.5 Å². The summed E-state index contributed by atoms with van der Waals surface area (Å²) in [6.07, 6.45) is 2.36. The highest BCUT2D eigenvalue weighted by molar-refractivity contribution is 6.16. The normalized spacial score (nSPS) is 13.3. The molecule has 45 heavy (non-hydrogen) atoms. The zero-order valence-corrected chi connectivity index (χ0v) is 25.5. The Morgan fingerprint density at radius 2 is 1.67 bits per heavy atom. The molecule has 0 atom stereocenters. The first-order valence-electron chi connectivity index (χ1n) is 14.6. The van der Waals surface area contributed by atoms with E-state index < -0.39 is 6.03 Å². The molecule has 13 nitrogen and oxygen atoms in total. The Labute approximate surface area is 261 Å². The van der Waals surface area contributed by atoms with Gasteiger partial charge in [0.15, 0.2) is 5.82 Å². The van der Waals surface area contributed by atoms with Crippen LogP contribution in [0.15, 0.2) is 65.4 Å². The quantitative estimate of drug-likeness (QED) is 0.164. The summed E-state index contributed by atoms with van der Waals surface area (Å²) < 4.78 is 10.6. The Kier molecular flexibility index (Phi) is 9.38. The van der Waals surface area contributed by atoms with Crippen LogP contribution in [0.3, 0.4) is 0 Å². The molecule has 2 aromatic carbocycles. The third kappa shape index (κ3) is 8.00. The second-order valence-electron chi connectivity index (χ2n) is 11.7. The van der Waals surface area contributed by atoms with Crippen molar-refractivity contribution in [3.8, 4) is 0 Å². The van der Waals surface area contributed by atoms with Crippen LogP contribution in [0.1, 0.15) is 49.6 Å². The van der Waals surface area contributed by atoms with E-state index in [4.69, 9.17) is 20.4 Å². The standard InChI is InChI=1S/C32H37N9O4/c1-32(2,3)24-18-25(40-45-24)39-31(43)38-23-11-9-22(10-12-23)37-30-27(29(34)35-19-36-30)28(33)21-7-4-20(5-8-21)6-13-26(42)41-14-16-44-17-15-41/h4-5,7-12,18-19,33H,6,13-17H2,1-3H3,(H3,34,35,36,37)(H2,38,39,40,43). The molecule has 3 amide bonds. The van der Waals surface area contributed by atoms with Crippen LogP contribution in [-0.2, 0) is 21.4 Å². The van der Waals surface area contributed by atoms with Gasteiger partial charge in [-0.3, -0.25) is 15.5 Å². The minimum absolute atomic E-state index is 0.119. The molecule has 13 heteroatoms. The van der Waals surface area contributed by atoms with Crippen LogP contribution in [0, 0.1) is 5.41 Å². The highest BCUT2D eigenvalue weighted by Crippen LogP contribution is 2.27. The number of nitrogens with one attached hydrogen (secondary N) is 4. The van der Waals surface area contributed by atoms with Crippen molar-refractivity contribution in [3.63, 3.8) is 0 Å². The number of carbonyl (C=O) groups is 2. The number of ether oxygens (including phenoxy) is 1. The number of urea groups is 1. The van der Waals surface area contributed by atoms with Crippen LogP contribution in [0.2, 0.25) is 0 Å². The number of nitrogens with two attached hydrogens (primary N) is 1. The molecule has 1 saturated heterocycles. The molecular formula is C32H37N9O4. The maximum atomic E-state index is 12.5. The van der Waals surface area contributed by atoms with Crippen LogP contribution >= 0.6 is 0 Å². The molecule has 3 heterocycles. The molecule has 234 valence electrons. The van der Waals surface area contributed by atoms with Crippen LogP contribution in [-0.4, -0.2) is 64.0 Å². The molecule has 4 aromatic rings. The van der Waals surface area contributed by atoms with Gasteiger partial charge >= 0.3 is 6.03 Å². The number of benzene rings is 2. The van der Waals surface area contributed by atoms with Crippen molar-refractivity contribution < 1.29 is 18.8 Å². The summed E-state index contributed by atoms with van der Waals surface area (Å²) in [5, 5.41) is 21.4. The molecule has 5 rings (SSSR count). The van der Waals surface area contributed by atoms with Crippen molar-refractivity contribution in [1.29, 1.82) is 5.41 Å². The lowest BCUT2D eigenvalue weighted by molar-refractivity contribution is -0.135. The van der Waals surface area contributed by atoms with Gasteiger partial charge in [0, 0.05) is 47.9 Å². The maximum absolute atomic E-state index is 12.5. The van der Waals surface area contributed by atoms with E-state index in [1.807, 2.05) is 49.9 Å². The molecule has 1 fully saturated rings. The van der Waals surface area contributed by atoms with E-state index >= 15 is 0 Å². The van der Waals surface area contributed by atoms with E-state index in [9.17, 15) is 9.59 Å². The third-order valence-corrected chi connectivity index (χ3v) is 7.26. The van der Waals surface area contributed by atoms with Crippen molar-refractivity contribution in [2.45, 2.75) is 39.0 Å². The van der Waals surface area contributed by atoms with Crippen LogP contribution in [0.25, 0.3) is 0 Å². The lowest BCUT2D eigenvalue weighted by atomic mass is 9.93. The van der Waals surface area contributed by atoms with Gasteiger partial charge in [0.25, 0.3) is 0 Å². The van der Waals surface area contributed by atoms with Crippen molar-refractivity contribution in [1.82, 2.24) is 20.0 Å². The summed E-state index contributed by atoms with van der Waals surface area (Å²) >= 11 is 0. The van der Waals surface area contributed by atoms with E-state index in [2.05, 4.69) is 31.1 Å². The highest BCUT2D eigenvalue weighted by Gasteiger charge is 2.21. The maximum Gasteiger partial charge on any atom is 0.324 e. The highest BCUT2D eigenvalue weighted by atomic mass is 16.5. The lowest BCUT2D eigenvalue weighted by Gasteiger charge is -2.26. The van der Waals surface area contributed by atoms with Gasteiger partial charge in [0.05, 0.1) is 24.5 Å². The van der Waals surface area contributed by atoms with Gasteiger partial charge in [0.2, 0.25) is 5.91 Å². The van der Waals surface area contributed by atoms with E-state index in [0.29, 0.717) is 79.0 Å². The summed E-state index contributed by atoms with van der Waals surface area (Å²) in [4.78, 5) is 35.2. The number of hydrogen-bond acceptors (Lipinski definition) is 10. The van der Waals surface area contributed by atoms with Gasteiger partial charge in [-0.15, -0.1) is 0 Å². The summed E-state index contributed by atoms with van der Waals surface area (Å²) in [6, 6.07) is 15.7. The van der Waals surface area contributed by atoms with Crippen molar-refractivity contribution in [3.05, 3.63) is 83.4 Å². The van der Waals surface area contributed by atoms with Crippen LogP contribution in [0.5, 0.6) is 0 Å². The summed E-state index contributed by atoms with van der Waals surface area (Å²) in [6.45, 7) is 8.40. The molecule has 0 radical (unpaired) electrons. The molecule has 0 bridgehead atoms. The molecular weight excluding hydrogens is 574 g/mol. The molecule has 2 aromatic heterocycles. The SMILES string of the molecule is CC(C)(C)c1cc(NC(=O)Nc2ccc(Nc3ncnc(N)c3C(=N)c3ccc(CCC(=O)N4CCOCC4)cc3)cc2)no1. The van der Waals surface area contributed by atoms with Crippen molar-refractivity contribution in [2.75, 3.05) is 48.0 Å². The molecule has 0 spiro atoms. The molecule has 1 aliphatic heterocycles. The smallest absolute Gasteiger partial charge is 0.324 e. The van der Waals surface area contributed by atoms with Gasteiger partial charge < -0.3 is 30.5 Å². The summed E-state index contributed by atoms with van der Waals surface area (Å²) in [5.41, 5.74) is 9.36. The minimum Gasteiger partial charge on any atom is -0.383 e. The predicted molar refractivity (Wildman–Crippen MR) is 172 cm³/mol. The third-order valence-electron chi connectivity index (χ3n) is 7.26. The number of aryl methyl sites for hydroxylation is 1. The van der Waals surface area contributed by atoms with Gasteiger partial charge in [-0.2, -0.15) is 0 Å². The van der Waals surface area contributed by atoms with Gasteiger partial charge in [-0.05, 0) is 36.2 Å². The Bertz CT molecular complexity index is 1660. The lowest BCUT2D eigenvalue weighted by Crippen LogP contribution is -2.40. The van der Waals surface area contributed by atoms with Crippen molar-refractivity contribution in [2.24, 2.45) is 0 Å². The average Bonchev–Trinajstić information content (AvgIpc) is 3.50. The van der Waals surface area contributed by atoms with Gasteiger partial charge in [-0.1, -0.05) is 50.2 Å². The topological polar surface area (TPSA) is 184 Å². The largest absolute Gasteiger partial charge is 0.383 e. The molecule has 0 aliphatic carbocycles. The predicted octanol–water partition coefficient (Wildman–Crippen LogP) is 4.94. The number of aromatic nitrogens is 3. The fourth-order valence-electron chi connectivity index (χ4n) is 4.68. The molecule has 1 aliphatic rings. The first-order chi connectivity index (χ1) is 21.6. The number of morpholine rings is 1. The molecule has 0 saturated carbocycles. The second-order valence-corrected chi connectivity index (χ2v) is 11.7. The number of rotatable bonds is 9. The van der Waals surface area contributed by atoms with Gasteiger partial charge in [-0.25, -0.2) is 14.8 Å². The first kappa shape index (κ1) is 31.1. The zero-order chi connectivity index (χ0) is 32.0. The summed E-state index contributed by atoms with van der Waals surface area (Å²) in [5.74, 6) is 1.63. The molecule has 6 N–H and O–H groups in total. The fraction of sp³-hybridized carbons (Fsp3) is 0.312. The number of anilines is 5. The van der Waals surface area contributed by atoms with Crippen LogP contribution in [0.4, 0.5) is 33.6 Å². The first-order valence-corrected chi connectivity index (χ1v) is 14.6. The minimum atomic E-state index is -0.460. The zero-order valence-electron chi connectivity index (χ0n) is 25.5. The Morgan fingerprint density at radius 1 is 0.978 bits per heavy atom. The number of carbonyl (C=O) groups excluding carboxylic acids is 2. The fourth-order valence-corrected chi connectivity index (χ4v) is 4.68. The number of hydrogen-bond donors (Lipinski definition) is 5. The summed E-state index contributed by atoms with van der Waals surface area (Å²) in [7, 11) is 0. The average molecular weight is 612 g/mol. The van der Waals surface area contributed by atoms with E-state index in [-0.39, 0.29) is 22.9 Å². The number of nitrogens with zero attached hydrogens (tertiary/aromatic N) is 4. The van der Waals surface area contributed by atoms with E-state index in [0.717, 1.165) is 5.56 Å². The van der Waals surface area contributed by atoms with E-state index in [1.165, 1.54) is 6.33 Å². The second kappa shape index (κ2) is 13.6. The monoisotopic (exact) mass is 611 g/mol. The number of amides is 3. The molecule has 0 unspecified atom stereocenters. The van der Waals surface area contributed by atoms with Gasteiger partial charge in [0.1, 0.15) is 23.7 Å².